The van der Waals surface area contributed by atoms with Gasteiger partial charge in [0.05, 0.1) is 11.5 Å². The van der Waals surface area contributed by atoms with Crippen molar-refractivity contribution >= 4 is 5.97 Å². The lowest BCUT2D eigenvalue weighted by Gasteiger charge is -2.42. The number of rotatable bonds is 1. The van der Waals surface area contributed by atoms with Crippen molar-refractivity contribution in [1.82, 2.24) is 0 Å². The van der Waals surface area contributed by atoms with Crippen LogP contribution in [0.3, 0.4) is 0 Å². The number of phenolic OH excluding ortho intramolecular Hbond substituents is 6. The Hall–Kier alpha value is -4.27. The summed E-state index contributed by atoms with van der Waals surface area (Å²) in [4.78, 5) is 12.7. The highest BCUT2D eigenvalue weighted by Crippen LogP contribution is 2.55. The lowest BCUT2D eigenvalue weighted by molar-refractivity contribution is -0.0326. The molecule has 0 aromatic heterocycles. The number of carbonyl (C=O) groups excluding carboxylic acids is 1. The number of hydrogen-bond donors (Lipinski definition) is 6. The molecule has 2 aliphatic rings. The molecule has 0 saturated heterocycles. The van der Waals surface area contributed by atoms with Crippen LogP contribution in [0.4, 0.5) is 0 Å². The molecule has 0 radical (unpaired) electrons. The highest BCUT2D eigenvalue weighted by Gasteiger charge is 2.49. The summed E-state index contributed by atoms with van der Waals surface area (Å²) in [5.74, 6) is -4.42. The van der Waals surface area contributed by atoms with E-state index in [0.717, 1.165) is 6.07 Å². The van der Waals surface area contributed by atoms with Gasteiger partial charge in [0.15, 0.2) is 35.2 Å². The van der Waals surface area contributed by atoms with E-state index in [2.05, 4.69) is 0 Å². The number of hydrogen-bond acceptors (Lipinski definition) is 9. The summed E-state index contributed by atoms with van der Waals surface area (Å²) >= 11 is 0. The minimum absolute atomic E-state index is 0.0415. The van der Waals surface area contributed by atoms with Gasteiger partial charge in [0, 0.05) is 22.8 Å². The SMILES string of the molecule is O=C1OC2C(c3ccc(O)c(O)c3)Oc3cc(O)ccc3C2c2c1cc(O)c(O)c2O. The first-order chi connectivity index (χ1) is 14.8. The Morgan fingerprint density at radius 3 is 2.26 bits per heavy atom. The van der Waals surface area contributed by atoms with Crippen LogP contribution in [0.5, 0.6) is 40.2 Å². The second kappa shape index (κ2) is 6.36. The van der Waals surface area contributed by atoms with Gasteiger partial charge in [0.25, 0.3) is 0 Å². The molecule has 31 heavy (non-hydrogen) atoms. The Balaban J connectivity index is 1.77. The standard InChI is InChI=1S/C22H16O9/c23-9-2-3-10-15(6-9)30-20(8-1-4-12(24)13(25)5-8)21-17(10)16-11(22(29)31-21)7-14(26)18(27)19(16)28/h1-7,17,20-21,23-28H. The lowest BCUT2D eigenvalue weighted by atomic mass is 9.76. The molecule has 3 unspecified atom stereocenters. The van der Waals surface area contributed by atoms with E-state index in [1.165, 1.54) is 30.3 Å². The highest BCUT2D eigenvalue weighted by atomic mass is 16.6. The molecule has 9 heteroatoms. The summed E-state index contributed by atoms with van der Waals surface area (Å²) in [5, 5.41) is 60.1. The molecule has 0 fully saturated rings. The summed E-state index contributed by atoms with van der Waals surface area (Å²) in [5.41, 5.74) is 0.747. The molecule has 2 heterocycles. The molecule has 3 aromatic rings. The van der Waals surface area contributed by atoms with Gasteiger partial charge in [0.1, 0.15) is 11.5 Å². The maximum absolute atomic E-state index is 12.7. The third-order valence-electron chi connectivity index (χ3n) is 5.61. The van der Waals surface area contributed by atoms with Crippen molar-refractivity contribution in [2.45, 2.75) is 18.1 Å². The smallest absolute Gasteiger partial charge is 0.339 e. The molecule has 5 rings (SSSR count). The number of fused-ring (bicyclic) bond motifs is 5. The molecule has 3 atom stereocenters. The first-order valence-electron chi connectivity index (χ1n) is 9.26. The van der Waals surface area contributed by atoms with Gasteiger partial charge >= 0.3 is 5.97 Å². The largest absolute Gasteiger partial charge is 0.508 e. The Bertz CT molecular complexity index is 1250. The highest BCUT2D eigenvalue weighted by molar-refractivity contribution is 5.95. The third kappa shape index (κ3) is 2.67. The minimum atomic E-state index is -1.03. The van der Waals surface area contributed by atoms with E-state index in [4.69, 9.17) is 9.47 Å². The van der Waals surface area contributed by atoms with Crippen molar-refractivity contribution in [2.24, 2.45) is 0 Å². The first kappa shape index (κ1) is 18.7. The van der Waals surface area contributed by atoms with E-state index in [9.17, 15) is 35.4 Å². The van der Waals surface area contributed by atoms with Crippen molar-refractivity contribution < 1.29 is 44.9 Å². The predicted octanol–water partition coefficient (Wildman–Crippen LogP) is 2.72. The van der Waals surface area contributed by atoms with Gasteiger partial charge in [0.2, 0.25) is 5.75 Å². The number of esters is 1. The van der Waals surface area contributed by atoms with E-state index in [0.29, 0.717) is 11.1 Å². The van der Waals surface area contributed by atoms with Crippen molar-refractivity contribution in [3.05, 3.63) is 64.7 Å². The summed E-state index contributed by atoms with van der Waals surface area (Å²) in [6, 6.07) is 9.29. The van der Waals surface area contributed by atoms with Gasteiger partial charge < -0.3 is 40.1 Å². The average molecular weight is 424 g/mol. The second-order valence-electron chi connectivity index (χ2n) is 7.41. The van der Waals surface area contributed by atoms with Gasteiger partial charge in [-0.05, 0) is 24.3 Å². The molecule has 0 aliphatic carbocycles. The van der Waals surface area contributed by atoms with Gasteiger partial charge in [-0.3, -0.25) is 0 Å². The topological polar surface area (TPSA) is 157 Å². The van der Waals surface area contributed by atoms with Gasteiger partial charge in [-0.15, -0.1) is 0 Å². The van der Waals surface area contributed by atoms with Crippen LogP contribution < -0.4 is 4.74 Å². The maximum Gasteiger partial charge on any atom is 0.339 e. The number of benzene rings is 3. The predicted molar refractivity (Wildman–Crippen MR) is 104 cm³/mol. The Morgan fingerprint density at radius 1 is 0.742 bits per heavy atom. The van der Waals surface area contributed by atoms with Gasteiger partial charge in [-0.1, -0.05) is 12.1 Å². The third-order valence-corrected chi connectivity index (χ3v) is 5.61. The first-order valence-corrected chi connectivity index (χ1v) is 9.26. The van der Waals surface area contributed by atoms with Crippen LogP contribution in [-0.2, 0) is 4.74 Å². The number of carbonyl (C=O) groups is 1. The van der Waals surface area contributed by atoms with Crippen LogP contribution in [0.15, 0.2) is 42.5 Å². The van der Waals surface area contributed by atoms with Crippen LogP contribution in [-0.4, -0.2) is 42.7 Å². The van der Waals surface area contributed by atoms with Crippen molar-refractivity contribution in [3.63, 3.8) is 0 Å². The normalized spacial score (nSPS) is 21.3. The summed E-state index contributed by atoms with van der Waals surface area (Å²) in [7, 11) is 0. The van der Waals surface area contributed by atoms with E-state index < -0.39 is 47.1 Å². The van der Waals surface area contributed by atoms with E-state index >= 15 is 0 Å². The molecule has 2 aliphatic heterocycles. The lowest BCUT2D eigenvalue weighted by Crippen LogP contribution is -2.42. The quantitative estimate of drug-likeness (QED) is 0.255. The molecule has 3 aromatic carbocycles. The Morgan fingerprint density at radius 2 is 1.52 bits per heavy atom. The number of phenols is 6. The molecule has 0 saturated carbocycles. The molecular formula is C22H16O9. The minimum Gasteiger partial charge on any atom is -0.508 e. The van der Waals surface area contributed by atoms with E-state index in [1.54, 1.807) is 6.07 Å². The summed E-state index contributed by atoms with van der Waals surface area (Å²) in [6.07, 6.45) is -2.02. The van der Waals surface area contributed by atoms with Crippen LogP contribution in [0.1, 0.15) is 39.1 Å². The zero-order valence-corrected chi connectivity index (χ0v) is 15.7. The van der Waals surface area contributed by atoms with Crippen LogP contribution in [0.25, 0.3) is 0 Å². The Kier molecular flexibility index (Phi) is 3.85. The maximum atomic E-state index is 12.7. The average Bonchev–Trinajstić information content (AvgIpc) is 2.73. The molecule has 0 spiro atoms. The number of aromatic hydroxyl groups is 6. The van der Waals surface area contributed by atoms with E-state index in [-0.39, 0.29) is 28.4 Å². The molecular weight excluding hydrogens is 408 g/mol. The van der Waals surface area contributed by atoms with Crippen LogP contribution in [0, 0.1) is 0 Å². The molecule has 9 nitrogen and oxygen atoms in total. The fraction of sp³-hybridized carbons (Fsp3) is 0.136. The van der Waals surface area contributed by atoms with Gasteiger partial charge in [-0.2, -0.15) is 0 Å². The number of ether oxygens (including phenoxy) is 2. The van der Waals surface area contributed by atoms with Crippen LogP contribution in [0.2, 0.25) is 0 Å². The summed E-state index contributed by atoms with van der Waals surface area (Å²) < 4.78 is 11.6. The zero-order chi connectivity index (χ0) is 22.0. The van der Waals surface area contributed by atoms with Crippen molar-refractivity contribution in [2.75, 3.05) is 0 Å². The summed E-state index contributed by atoms with van der Waals surface area (Å²) in [6.45, 7) is 0. The molecule has 0 amide bonds. The molecule has 0 bridgehead atoms. The van der Waals surface area contributed by atoms with Crippen molar-refractivity contribution in [3.8, 4) is 40.2 Å². The monoisotopic (exact) mass is 424 g/mol. The fourth-order valence-electron chi connectivity index (χ4n) is 4.19. The van der Waals surface area contributed by atoms with Crippen LogP contribution >= 0.6 is 0 Å². The second-order valence-corrected chi connectivity index (χ2v) is 7.41. The molecule has 158 valence electrons. The van der Waals surface area contributed by atoms with E-state index in [1.807, 2.05) is 0 Å². The van der Waals surface area contributed by atoms with Crippen molar-refractivity contribution in [1.29, 1.82) is 0 Å². The fourth-order valence-corrected chi connectivity index (χ4v) is 4.19. The molecule has 6 N–H and O–H groups in total. The Labute approximate surface area is 174 Å². The zero-order valence-electron chi connectivity index (χ0n) is 15.7. The van der Waals surface area contributed by atoms with Gasteiger partial charge in [-0.25, -0.2) is 4.79 Å².